The van der Waals surface area contributed by atoms with E-state index in [0.29, 0.717) is 13.0 Å². The number of carbonyl (C=O) groups excluding carboxylic acids is 1. The summed E-state index contributed by atoms with van der Waals surface area (Å²) < 4.78 is 14.2. The van der Waals surface area contributed by atoms with Gasteiger partial charge in [-0.2, -0.15) is 0 Å². The molecule has 1 aromatic rings. The Labute approximate surface area is 150 Å². The first-order valence-corrected chi connectivity index (χ1v) is 9.04. The lowest BCUT2D eigenvalue weighted by Gasteiger charge is -2.34. The fraction of sp³-hybridized carbons (Fsp3) is 0.529. The van der Waals surface area contributed by atoms with Gasteiger partial charge in [0, 0.05) is 30.5 Å². The van der Waals surface area contributed by atoms with E-state index in [0.717, 1.165) is 48.5 Å². The highest BCUT2D eigenvalue weighted by atomic mass is 79.9. The van der Waals surface area contributed by atoms with Crippen LogP contribution in [0.15, 0.2) is 27.7 Å². The number of nitrogens with zero attached hydrogens (tertiary/aromatic N) is 2. The van der Waals surface area contributed by atoms with Crippen molar-refractivity contribution in [1.29, 1.82) is 0 Å². The maximum atomic E-state index is 13.4. The van der Waals surface area contributed by atoms with E-state index < -0.39 is 0 Å². The van der Waals surface area contributed by atoms with Gasteiger partial charge in [-0.05, 0) is 49.4 Å². The number of aliphatic imine (C=N–C) groups is 1. The minimum absolute atomic E-state index is 0.257. The number of halogens is 2. The smallest absolute Gasteiger partial charge is 0.217 e. The average Bonchev–Trinajstić information content (AvgIpc) is 2.54. The molecule has 1 heterocycles. The van der Waals surface area contributed by atoms with Crippen LogP contribution in [0, 0.1) is 11.7 Å². The highest BCUT2D eigenvalue weighted by Gasteiger charge is 2.23. The summed E-state index contributed by atoms with van der Waals surface area (Å²) in [5.74, 6) is 0.532. The standard InChI is InChI=1S/C17H24BrFN4O/c1-2-21-17(22-10-13-9-14(19)5-6-15(13)18)23-7-3-4-12(11-23)8-16(20)24/h5-6,9,12H,2-4,7-8,10-11H2,1H3,(H2,20,24)(H,21,22). The largest absolute Gasteiger partial charge is 0.370 e. The number of hydrogen-bond acceptors (Lipinski definition) is 2. The van der Waals surface area contributed by atoms with E-state index >= 15 is 0 Å². The maximum absolute atomic E-state index is 13.4. The van der Waals surface area contributed by atoms with E-state index in [1.165, 1.54) is 12.1 Å². The van der Waals surface area contributed by atoms with Crippen LogP contribution in [0.25, 0.3) is 0 Å². The van der Waals surface area contributed by atoms with Gasteiger partial charge in [0.15, 0.2) is 5.96 Å². The number of piperidine rings is 1. The Bertz CT molecular complexity index is 608. The molecule has 1 aliphatic rings. The van der Waals surface area contributed by atoms with Gasteiger partial charge in [0.25, 0.3) is 0 Å². The van der Waals surface area contributed by atoms with E-state index in [1.807, 2.05) is 6.92 Å². The van der Waals surface area contributed by atoms with Gasteiger partial charge in [-0.3, -0.25) is 4.79 Å². The SMILES string of the molecule is CCNC(=NCc1cc(F)ccc1Br)N1CCCC(CC(N)=O)C1. The summed E-state index contributed by atoms with van der Waals surface area (Å²) in [6.45, 7) is 4.81. The number of nitrogens with one attached hydrogen (secondary N) is 1. The number of guanidine groups is 1. The zero-order valence-electron chi connectivity index (χ0n) is 13.9. The monoisotopic (exact) mass is 398 g/mol. The Kier molecular flexibility index (Phi) is 7.02. The summed E-state index contributed by atoms with van der Waals surface area (Å²) in [7, 11) is 0. The number of benzene rings is 1. The van der Waals surface area contributed by atoms with Crippen molar-refractivity contribution < 1.29 is 9.18 Å². The van der Waals surface area contributed by atoms with Gasteiger partial charge < -0.3 is 16.0 Å². The molecule has 5 nitrogen and oxygen atoms in total. The molecule has 1 aromatic carbocycles. The fourth-order valence-electron chi connectivity index (χ4n) is 2.96. The van der Waals surface area contributed by atoms with Gasteiger partial charge in [-0.15, -0.1) is 0 Å². The highest BCUT2D eigenvalue weighted by Crippen LogP contribution is 2.21. The van der Waals surface area contributed by atoms with Crippen molar-refractivity contribution in [2.24, 2.45) is 16.6 Å². The summed E-state index contributed by atoms with van der Waals surface area (Å²) in [5, 5.41) is 3.28. The van der Waals surface area contributed by atoms with Crippen LogP contribution in [0.5, 0.6) is 0 Å². The van der Waals surface area contributed by atoms with Gasteiger partial charge in [0.2, 0.25) is 5.91 Å². The Hall–Kier alpha value is -1.63. The van der Waals surface area contributed by atoms with Crippen LogP contribution in [0.3, 0.4) is 0 Å². The predicted octanol–water partition coefficient (Wildman–Crippen LogP) is 2.64. The van der Waals surface area contributed by atoms with Gasteiger partial charge in [-0.25, -0.2) is 9.38 Å². The van der Waals surface area contributed by atoms with Crippen LogP contribution in [-0.2, 0) is 11.3 Å². The number of carbonyl (C=O) groups is 1. The summed E-state index contributed by atoms with van der Waals surface area (Å²) in [6, 6.07) is 4.60. The number of hydrogen-bond donors (Lipinski definition) is 2. The molecule has 1 atom stereocenters. The molecule has 24 heavy (non-hydrogen) atoms. The van der Waals surface area contributed by atoms with E-state index in [4.69, 9.17) is 5.73 Å². The molecule has 1 fully saturated rings. The summed E-state index contributed by atoms with van der Waals surface area (Å²) in [6.07, 6.45) is 2.42. The molecule has 0 aromatic heterocycles. The van der Waals surface area contributed by atoms with Crippen molar-refractivity contribution >= 4 is 27.8 Å². The number of likely N-dealkylation sites (tertiary alicyclic amines) is 1. The average molecular weight is 399 g/mol. The van der Waals surface area contributed by atoms with Gasteiger partial charge in [0.05, 0.1) is 6.54 Å². The quantitative estimate of drug-likeness (QED) is 0.591. The third-order valence-corrected chi connectivity index (χ3v) is 4.82. The van der Waals surface area contributed by atoms with Crippen LogP contribution in [0.2, 0.25) is 0 Å². The highest BCUT2D eigenvalue weighted by molar-refractivity contribution is 9.10. The molecular weight excluding hydrogens is 375 g/mol. The summed E-state index contributed by atoms with van der Waals surface area (Å²) in [5.41, 5.74) is 6.13. The molecule has 0 bridgehead atoms. The van der Waals surface area contributed by atoms with Gasteiger partial charge >= 0.3 is 0 Å². The van der Waals surface area contributed by atoms with Crippen LogP contribution in [0.1, 0.15) is 31.7 Å². The molecule has 7 heteroatoms. The molecule has 1 aliphatic heterocycles. The van der Waals surface area contributed by atoms with E-state index in [-0.39, 0.29) is 17.6 Å². The number of primary amides is 1. The maximum Gasteiger partial charge on any atom is 0.217 e. The van der Waals surface area contributed by atoms with Crippen molar-refractivity contribution in [2.75, 3.05) is 19.6 Å². The van der Waals surface area contributed by atoms with E-state index in [1.54, 1.807) is 6.07 Å². The molecule has 1 unspecified atom stereocenters. The number of rotatable bonds is 5. The molecule has 0 spiro atoms. The topological polar surface area (TPSA) is 70.7 Å². The molecule has 2 rings (SSSR count). The Morgan fingerprint density at radius 1 is 1.54 bits per heavy atom. The van der Waals surface area contributed by atoms with E-state index in [9.17, 15) is 9.18 Å². The molecule has 1 saturated heterocycles. The van der Waals surface area contributed by atoms with Crippen LogP contribution < -0.4 is 11.1 Å². The molecular formula is C17H24BrFN4O. The van der Waals surface area contributed by atoms with Crippen molar-refractivity contribution in [3.05, 3.63) is 34.1 Å². The first kappa shape index (κ1) is 18.7. The predicted molar refractivity (Wildman–Crippen MR) is 97.0 cm³/mol. The van der Waals surface area contributed by atoms with Crippen LogP contribution in [0.4, 0.5) is 4.39 Å². The molecule has 132 valence electrons. The van der Waals surface area contributed by atoms with Gasteiger partial charge in [-0.1, -0.05) is 15.9 Å². The second-order valence-corrected chi connectivity index (χ2v) is 6.88. The number of nitrogens with two attached hydrogens (primary N) is 1. The summed E-state index contributed by atoms with van der Waals surface area (Å²) in [4.78, 5) is 18.0. The molecule has 3 N–H and O–H groups in total. The minimum atomic E-state index is -0.270. The lowest BCUT2D eigenvalue weighted by molar-refractivity contribution is -0.119. The van der Waals surface area contributed by atoms with E-state index in [2.05, 4.69) is 31.1 Å². The first-order valence-electron chi connectivity index (χ1n) is 8.25. The number of amides is 1. The van der Waals surface area contributed by atoms with Crippen molar-refractivity contribution in [3.63, 3.8) is 0 Å². The lowest BCUT2D eigenvalue weighted by Crippen LogP contribution is -2.47. The van der Waals surface area contributed by atoms with Crippen LogP contribution in [-0.4, -0.2) is 36.4 Å². The Balaban J connectivity index is 2.09. The fourth-order valence-corrected chi connectivity index (χ4v) is 3.33. The molecule has 0 aliphatic carbocycles. The van der Waals surface area contributed by atoms with Gasteiger partial charge in [0.1, 0.15) is 5.82 Å². The van der Waals surface area contributed by atoms with Crippen molar-refractivity contribution in [1.82, 2.24) is 10.2 Å². The Morgan fingerprint density at radius 3 is 3.04 bits per heavy atom. The molecule has 0 radical (unpaired) electrons. The zero-order valence-corrected chi connectivity index (χ0v) is 15.5. The molecule has 1 amide bonds. The zero-order chi connectivity index (χ0) is 17.5. The second kappa shape index (κ2) is 9.01. The van der Waals surface area contributed by atoms with Crippen LogP contribution >= 0.6 is 15.9 Å². The first-order chi connectivity index (χ1) is 11.5. The summed E-state index contributed by atoms with van der Waals surface area (Å²) >= 11 is 3.43. The molecule has 0 saturated carbocycles. The Morgan fingerprint density at radius 2 is 2.33 bits per heavy atom. The normalized spacial score (nSPS) is 18.5. The van der Waals surface area contributed by atoms with Crippen molar-refractivity contribution in [2.45, 2.75) is 32.7 Å². The lowest BCUT2D eigenvalue weighted by atomic mass is 9.95. The van der Waals surface area contributed by atoms with Crippen molar-refractivity contribution in [3.8, 4) is 0 Å². The minimum Gasteiger partial charge on any atom is -0.370 e. The second-order valence-electron chi connectivity index (χ2n) is 6.03. The third kappa shape index (κ3) is 5.47. The third-order valence-electron chi connectivity index (χ3n) is 4.05.